The van der Waals surface area contributed by atoms with Crippen LogP contribution in [0.5, 0.6) is 0 Å². The zero-order chi connectivity index (χ0) is 21.4. The molecule has 1 aromatic rings. The summed E-state index contributed by atoms with van der Waals surface area (Å²) in [6, 6.07) is 7.00. The third-order valence-corrected chi connectivity index (χ3v) is 7.49. The fourth-order valence-corrected chi connectivity index (χ4v) is 4.44. The van der Waals surface area contributed by atoms with Crippen molar-refractivity contribution in [3.63, 3.8) is 0 Å². The number of nitrogens with one attached hydrogen (secondary N) is 1. The molecule has 0 saturated carbocycles. The number of rotatable bonds is 6. The molecular formula is C19H23FN2O6S. The SMILES string of the molecule is CC(CC1CN(c2ccc(C3=CCC(F)C3)cc2)C(=O)O1)(C(=O)NO)S(C)(=O)=O. The van der Waals surface area contributed by atoms with E-state index in [0.29, 0.717) is 18.5 Å². The van der Waals surface area contributed by atoms with Crippen molar-refractivity contribution in [2.75, 3.05) is 17.7 Å². The van der Waals surface area contributed by atoms with Gasteiger partial charge in [-0.3, -0.25) is 14.9 Å². The molecule has 1 saturated heterocycles. The number of cyclic esters (lactones) is 1. The van der Waals surface area contributed by atoms with Gasteiger partial charge in [0.15, 0.2) is 14.6 Å². The van der Waals surface area contributed by atoms with Crippen LogP contribution in [-0.4, -0.2) is 55.4 Å². The number of sulfone groups is 1. The number of carbonyl (C=O) groups is 2. The number of hydrogen-bond acceptors (Lipinski definition) is 6. The van der Waals surface area contributed by atoms with E-state index in [0.717, 1.165) is 17.4 Å². The summed E-state index contributed by atoms with van der Waals surface area (Å²) in [6.07, 6.45) is 0.827. The quantitative estimate of drug-likeness (QED) is 0.533. The Bertz CT molecular complexity index is 946. The molecule has 10 heteroatoms. The molecule has 1 aromatic carbocycles. The number of anilines is 1. The summed E-state index contributed by atoms with van der Waals surface area (Å²) >= 11 is 0. The average Bonchev–Trinajstić information content (AvgIpc) is 3.25. The van der Waals surface area contributed by atoms with Gasteiger partial charge in [0.25, 0.3) is 5.91 Å². The summed E-state index contributed by atoms with van der Waals surface area (Å²) in [6.45, 7) is 1.23. The average molecular weight is 426 g/mol. The van der Waals surface area contributed by atoms with Gasteiger partial charge < -0.3 is 4.74 Å². The number of benzene rings is 1. The maximum atomic E-state index is 13.4. The molecular weight excluding hydrogens is 403 g/mol. The lowest BCUT2D eigenvalue weighted by Crippen LogP contribution is -2.51. The number of alkyl halides is 1. The van der Waals surface area contributed by atoms with Gasteiger partial charge in [-0.15, -0.1) is 0 Å². The third-order valence-electron chi connectivity index (χ3n) is 5.50. The molecule has 1 aliphatic carbocycles. The number of hydrogen-bond donors (Lipinski definition) is 2. The number of ether oxygens (including phenoxy) is 1. The molecule has 3 atom stereocenters. The van der Waals surface area contributed by atoms with E-state index in [1.54, 1.807) is 24.3 Å². The molecule has 3 unspecified atom stereocenters. The first kappa shape index (κ1) is 21.3. The zero-order valence-corrected chi connectivity index (χ0v) is 16.9. The minimum Gasteiger partial charge on any atom is -0.444 e. The maximum Gasteiger partial charge on any atom is 0.414 e. The molecule has 2 N–H and O–H groups in total. The van der Waals surface area contributed by atoms with Crippen LogP contribution in [0.25, 0.3) is 5.57 Å². The van der Waals surface area contributed by atoms with Gasteiger partial charge in [0.05, 0.1) is 6.54 Å². The highest BCUT2D eigenvalue weighted by atomic mass is 32.2. The van der Waals surface area contributed by atoms with E-state index in [1.165, 1.54) is 17.3 Å². The molecule has 2 aliphatic rings. The van der Waals surface area contributed by atoms with E-state index in [1.807, 2.05) is 6.08 Å². The number of amides is 2. The van der Waals surface area contributed by atoms with Crippen LogP contribution in [0.2, 0.25) is 0 Å². The smallest absolute Gasteiger partial charge is 0.414 e. The van der Waals surface area contributed by atoms with E-state index in [9.17, 15) is 22.4 Å². The van der Waals surface area contributed by atoms with Crippen molar-refractivity contribution < 1.29 is 32.3 Å². The third kappa shape index (κ3) is 4.13. The molecule has 2 amide bonds. The lowest BCUT2D eigenvalue weighted by molar-refractivity contribution is -0.132. The van der Waals surface area contributed by atoms with Crippen molar-refractivity contribution in [2.45, 2.75) is 43.2 Å². The lowest BCUT2D eigenvalue weighted by atomic mass is 10.0. The van der Waals surface area contributed by atoms with Gasteiger partial charge in [-0.25, -0.2) is 23.1 Å². The first-order chi connectivity index (χ1) is 13.5. The number of allylic oxidation sites excluding steroid dienone is 2. The Morgan fingerprint density at radius 1 is 1.38 bits per heavy atom. The highest BCUT2D eigenvalue weighted by Crippen LogP contribution is 2.33. The largest absolute Gasteiger partial charge is 0.444 e. The molecule has 0 radical (unpaired) electrons. The molecule has 1 fully saturated rings. The molecule has 0 aromatic heterocycles. The number of hydroxylamine groups is 1. The second-order valence-corrected chi connectivity index (χ2v) is 10.0. The van der Waals surface area contributed by atoms with E-state index >= 15 is 0 Å². The fraction of sp³-hybridized carbons (Fsp3) is 0.474. The monoisotopic (exact) mass is 426 g/mol. The molecule has 0 bridgehead atoms. The molecule has 29 heavy (non-hydrogen) atoms. The Hall–Kier alpha value is -2.46. The van der Waals surface area contributed by atoms with Crippen molar-refractivity contribution in [1.82, 2.24) is 5.48 Å². The van der Waals surface area contributed by atoms with Crippen molar-refractivity contribution in [3.05, 3.63) is 35.9 Å². The van der Waals surface area contributed by atoms with Gasteiger partial charge in [-0.2, -0.15) is 0 Å². The summed E-state index contributed by atoms with van der Waals surface area (Å²) in [5, 5.41) is 8.91. The fourth-order valence-electron chi connectivity index (χ4n) is 3.57. The Labute approximate surface area is 168 Å². The summed E-state index contributed by atoms with van der Waals surface area (Å²) in [5.41, 5.74) is 3.72. The van der Waals surface area contributed by atoms with Crippen molar-refractivity contribution in [2.24, 2.45) is 0 Å². The summed E-state index contributed by atoms with van der Waals surface area (Å²) in [5.74, 6) is -1.09. The lowest BCUT2D eigenvalue weighted by Gasteiger charge is -2.26. The van der Waals surface area contributed by atoms with E-state index in [2.05, 4.69) is 0 Å². The molecule has 8 nitrogen and oxygen atoms in total. The van der Waals surface area contributed by atoms with E-state index in [4.69, 9.17) is 9.94 Å². The minimum atomic E-state index is -3.90. The van der Waals surface area contributed by atoms with Crippen LogP contribution in [0.1, 0.15) is 31.7 Å². The zero-order valence-electron chi connectivity index (χ0n) is 16.1. The van der Waals surface area contributed by atoms with Crippen LogP contribution in [0, 0.1) is 0 Å². The minimum absolute atomic E-state index is 0.0528. The first-order valence-electron chi connectivity index (χ1n) is 9.11. The van der Waals surface area contributed by atoms with Crippen molar-refractivity contribution in [3.8, 4) is 0 Å². The predicted octanol–water partition coefficient (Wildman–Crippen LogP) is 2.23. The molecule has 1 aliphatic heterocycles. The van der Waals surface area contributed by atoms with Crippen LogP contribution in [0.4, 0.5) is 14.9 Å². The van der Waals surface area contributed by atoms with Crippen LogP contribution in [0.3, 0.4) is 0 Å². The highest BCUT2D eigenvalue weighted by molar-refractivity contribution is 7.92. The standard InChI is InChI=1S/C19H23FN2O6S/c1-19(17(23)21-25,29(2,26)27)10-16-11-22(18(24)28-16)15-7-4-12(5-8-15)13-3-6-14(20)9-13/h3-5,7-8,14,16,25H,6,9-11H2,1-2H3,(H,21,23). The summed E-state index contributed by atoms with van der Waals surface area (Å²) < 4.78 is 40.9. The van der Waals surface area contributed by atoms with Gasteiger partial charge in [0.1, 0.15) is 12.3 Å². The van der Waals surface area contributed by atoms with Gasteiger partial charge in [0, 0.05) is 24.8 Å². The van der Waals surface area contributed by atoms with Gasteiger partial charge in [-0.1, -0.05) is 18.2 Å². The van der Waals surface area contributed by atoms with Crippen LogP contribution < -0.4 is 10.4 Å². The van der Waals surface area contributed by atoms with Gasteiger partial charge in [-0.05, 0) is 36.6 Å². The van der Waals surface area contributed by atoms with Crippen LogP contribution in [0.15, 0.2) is 30.3 Å². The normalized spacial score (nSPS) is 24.1. The molecule has 0 spiro atoms. The first-order valence-corrected chi connectivity index (χ1v) is 11.0. The summed E-state index contributed by atoms with van der Waals surface area (Å²) in [4.78, 5) is 25.6. The Morgan fingerprint density at radius 3 is 2.55 bits per heavy atom. The number of nitrogens with zero attached hydrogens (tertiary/aromatic N) is 1. The maximum absolute atomic E-state index is 13.4. The van der Waals surface area contributed by atoms with Gasteiger partial charge >= 0.3 is 6.09 Å². The topological polar surface area (TPSA) is 113 Å². The molecule has 3 rings (SSSR count). The second-order valence-electron chi connectivity index (χ2n) is 7.58. The number of halogens is 1. The Morgan fingerprint density at radius 2 is 2.03 bits per heavy atom. The van der Waals surface area contributed by atoms with Gasteiger partial charge in [0.2, 0.25) is 0 Å². The second kappa shape index (κ2) is 7.75. The van der Waals surface area contributed by atoms with Crippen LogP contribution in [-0.2, 0) is 19.4 Å². The van der Waals surface area contributed by atoms with E-state index in [-0.39, 0.29) is 13.0 Å². The highest BCUT2D eigenvalue weighted by Gasteiger charge is 2.48. The Balaban J connectivity index is 1.74. The molecule has 158 valence electrons. The van der Waals surface area contributed by atoms with Crippen LogP contribution >= 0.6 is 0 Å². The Kier molecular flexibility index (Phi) is 5.68. The number of carbonyl (C=O) groups excluding carboxylic acids is 2. The predicted molar refractivity (Wildman–Crippen MR) is 104 cm³/mol. The van der Waals surface area contributed by atoms with E-state index < -0.39 is 38.9 Å². The van der Waals surface area contributed by atoms with Crippen molar-refractivity contribution in [1.29, 1.82) is 0 Å². The van der Waals surface area contributed by atoms with Crippen molar-refractivity contribution >= 4 is 33.1 Å². The summed E-state index contributed by atoms with van der Waals surface area (Å²) in [7, 11) is -3.90. The molecule has 1 heterocycles.